The van der Waals surface area contributed by atoms with Crippen molar-refractivity contribution in [3.05, 3.63) is 28.2 Å². The summed E-state index contributed by atoms with van der Waals surface area (Å²) in [6.07, 6.45) is 2.09. The second-order valence-electron chi connectivity index (χ2n) is 5.32. The molecule has 0 radical (unpaired) electrons. The molecule has 5 nitrogen and oxygen atoms in total. The molecule has 0 aromatic heterocycles. The van der Waals surface area contributed by atoms with E-state index in [2.05, 4.69) is 26.1 Å². The summed E-state index contributed by atoms with van der Waals surface area (Å²) >= 11 is 3.50. The number of ether oxygens (including phenoxy) is 1. The monoisotopic (exact) mass is 355 g/mol. The topological polar surface area (TPSA) is 67.6 Å². The van der Waals surface area contributed by atoms with Gasteiger partial charge in [-0.25, -0.2) is 0 Å². The maximum atomic E-state index is 11.3. The van der Waals surface area contributed by atoms with E-state index in [1.165, 1.54) is 0 Å². The Labute approximate surface area is 134 Å². The van der Waals surface area contributed by atoms with Crippen molar-refractivity contribution in [3.8, 4) is 5.75 Å². The second-order valence-corrected chi connectivity index (χ2v) is 6.18. The summed E-state index contributed by atoms with van der Waals surface area (Å²) in [7, 11) is 1.65. The van der Waals surface area contributed by atoms with Gasteiger partial charge in [-0.3, -0.25) is 9.69 Å². The van der Waals surface area contributed by atoms with E-state index in [1.54, 1.807) is 7.11 Å². The summed E-state index contributed by atoms with van der Waals surface area (Å²) in [5.41, 5.74) is 6.54. The molecule has 1 fully saturated rings. The quantitative estimate of drug-likeness (QED) is 0.811. The first-order valence-electron chi connectivity index (χ1n) is 7.15. The van der Waals surface area contributed by atoms with Crippen LogP contribution < -0.4 is 15.8 Å². The van der Waals surface area contributed by atoms with E-state index >= 15 is 0 Å². The highest BCUT2D eigenvalue weighted by Gasteiger charge is 2.22. The van der Waals surface area contributed by atoms with Gasteiger partial charge in [0.1, 0.15) is 5.75 Å². The molecule has 116 valence electrons. The van der Waals surface area contributed by atoms with Crippen LogP contribution >= 0.6 is 15.9 Å². The molecule has 0 spiro atoms. The minimum Gasteiger partial charge on any atom is -0.496 e. The molecule has 1 aliphatic rings. The smallest absolute Gasteiger partial charge is 0.231 e. The van der Waals surface area contributed by atoms with Crippen molar-refractivity contribution in [2.24, 2.45) is 5.73 Å². The van der Waals surface area contributed by atoms with E-state index in [9.17, 15) is 4.79 Å². The van der Waals surface area contributed by atoms with Crippen LogP contribution in [-0.4, -0.2) is 43.6 Å². The predicted octanol–water partition coefficient (Wildman–Crippen LogP) is 1.50. The number of carbonyl (C=O) groups excluding carboxylic acids is 1. The van der Waals surface area contributed by atoms with Crippen LogP contribution in [0.25, 0.3) is 0 Å². The number of nitrogens with one attached hydrogen (secondary N) is 1. The summed E-state index contributed by atoms with van der Waals surface area (Å²) in [5, 5.41) is 3.34. The molecule has 0 unspecified atom stereocenters. The van der Waals surface area contributed by atoms with Gasteiger partial charge in [-0.2, -0.15) is 0 Å². The number of amides is 1. The number of nitrogens with zero attached hydrogens (tertiary/aromatic N) is 1. The van der Waals surface area contributed by atoms with Gasteiger partial charge >= 0.3 is 0 Å². The molecule has 1 aliphatic heterocycles. The number of halogens is 1. The summed E-state index contributed by atoms with van der Waals surface area (Å²) in [6.45, 7) is 3.00. The predicted molar refractivity (Wildman–Crippen MR) is 86.2 cm³/mol. The number of primary amides is 1. The fraction of sp³-hybridized carbons (Fsp3) is 0.533. The first kappa shape index (κ1) is 16.3. The molecule has 0 atom stereocenters. The van der Waals surface area contributed by atoms with E-state index in [4.69, 9.17) is 10.5 Å². The van der Waals surface area contributed by atoms with Gasteiger partial charge in [-0.15, -0.1) is 0 Å². The van der Waals surface area contributed by atoms with Gasteiger partial charge in [-0.05, 0) is 59.6 Å². The molecule has 3 N–H and O–H groups in total. The number of methoxy groups -OCH3 is 1. The summed E-state index contributed by atoms with van der Waals surface area (Å²) < 4.78 is 6.17. The zero-order valence-corrected chi connectivity index (χ0v) is 13.9. The van der Waals surface area contributed by atoms with Crippen molar-refractivity contribution in [2.45, 2.75) is 25.4 Å². The largest absolute Gasteiger partial charge is 0.496 e. The zero-order valence-electron chi connectivity index (χ0n) is 12.3. The van der Waals surface area contributed by atoms with Gasteiger partial charge < -0.3 is 15.8 Å². The maximum absolute atomic E-state index is 11.3. The molecule has 1 aromatic carbocycles. The highest BCUT2D eigenvalue weighted by atomic mass is 79.9. The third-order valence-corrected chi connectivity index (χ3v) is 4.41. The van der Waals surface area contributed by atoms with Crippen LogP contribution in [0.1, 0.15) is 18.4 Å². The Morgan fingerprint density at radius 3 is 2.76 bits per heavy atom. The van der Waals surface area contributed by atoms with Crippen LogP contribution in [0.4, 0.5) is 0 Å². The molecule has 0 bridgehead atoms. The van der Waals surface area contributed by atoms with Crippen molar-refractivity contribution < 1.29 is 9.53 Å². The van der Waals surface area contributed by atoms with E-state index in [-0.39, 0.29) is 5.91 Å². The molecule has 1 heterocycles. The van der Waals surface area contributed by atoms with Crippen molar-refractivity contribution in [1.82, 2.24) is 10.2 Å². The molecular formula is C15H22BrN3O2. The Morgan fingerprint density at radius 1 is 1.48 bits per heavy atom. The zero-order chi connectivity index (χ0) is 15.2. The second kappa shape index (κ2) is 7.77. The molecule has 0 aliphatic carbocycles. The normalized spacial score (nSPS) is 16.1. The van der Waals surface area contributed by atoms with Crippen molar-refractivity contribution >= 4 is 21.8 Å². The minimum atomic E-state index is -0.277. The number of nitrogens with two attached hydrogens (primary N) is 1. The van der Waals surface area contributed by atoms with E-state index < -0.39 is 0 Å². The van der Waals surface area contributed by atoms with Crippen LogP contribution in [0.5, 0.6) is 5.75 Å². The third-order valence-electron chi connectivity index (χ3n) is 3.79. The molecule has 1 saturated heterocycles. The Morgan fingerprint density at radius 2 is 2.19 bits per heavy atom. The minimum absolute atomic E-state index is 0.277. The Kier molecular flexibility index (Phi) is 6.02. The first-order valence-corrected chi connectivity index (χ1v) is 7.95. The Bertz CT molecular complexity index is 490. The van der Waals surface area contributed by atoms with Crippen molar-refractivity contribution in [2.75, 3.05) is 26.7 Å². The molecule has 1 aromatic rings. The van der Waals surface area contributed by atoms with Crippen LogP contribution in [0.3, 0.4) is 0 Å². The molecule has 1 amide bonds. The molecule has 0 saturated carbocycles. The molecular weight excluding hydrogens is 334 g/mol. The lowest BCUT2D eigenvalue weighted by atomic mass is 10.0. The SMILES string of the molecule is COc1ccc(CN(CC(N)=O)C2CCNCC2)cc1Br. The summed E-state index contributed by atoms with van der Waals surface area (Å²) in [4.78, 5) is 13.5. The van der Waals surface area contributed by atoms with Gasteiger partial charge in [0.2, 0.25) is 5.91 Å². The number of hydrogen-bond acceptors (Lipinski definition) is 4. The van der Waals surface area contributed by atoms with E-state index in [0.717, 1.165) is 48.3 Å². The van der Waals surface area contributed by atoms with Gasteiger partial charge in [0.15, 0.2) is 0 Å². The van der Waals surface area contributed by atoms with E-state index in [1.807, 2.05) is 18.2 Å². The maximum Gasteiger partial charge on any atom is 0.231 e. The Balaban J connectivity index is 2.09. The highest BCUT2D eigenvalue weighted by Crippen LogP contribution is 2.26. The lowest BCUT2D eigenvalue weighted by Crippen LogP contribution is -2.46. The number of carbonyl (C=O) groups is 1. The van der Waals surface area contributed by atoms with Crippen LogP contribution in [0, 0.1) is 0 Å². The number of rotatable bonds is 6. The van der Waals surface area contributed by atoms with Crippen molar-refractivity contribution in [3.63, 3.8) is 0 Å². The van der Waals surface area contributed by atoms with Gasteiger partial charge in [0.05, 0.1) is 18.1 Å². The molecule has 2 rings (SSSR count). The summed E-state index contributed by atoms with van der Waals surface area (Å²) in [6, 6.07) is 6.40. The van der Waals surface area contributed by atoms with Crippen molar-refractivity contribution in [1.29, 1.82) is 0 Å². The first-order chi connectivity index (χ1) is 10.1. The molecule has 6 heteroatoms. The van der Waals surface area contributed by atoms with Gasteiger partial charge in [0, 0.05) is 12.6 Å². The van der Waals surface area contributed by atoms with Gasteiger partial charge in [0.25, 0.3) is 0 Å². The fourth-order valence-corrected chi connectivity index (χ4v) is 3.32. The highest BCUT2D eigenvalue weighted by molar-refractivity contribution is 9.10. The van der Waals surface area contributed by atoms with Gasteiger partial charge in [-0.1, -0.05) is 6.07 Å². The lowest BCUT2D eigenvalue weighted by molar-refractivity contribution is -0.120. The lowest BCUT2D eigenvalue weighted by Gasteiger charge is -2.34. The number of piperidine rings is 1. The van der Waals surface area contributed by atoms with Crippen LogP contribution in [-0.2, 0) is 11.3 Å². The standard InChI is InChI=1S/C15H22BrN3O2/c1-21-14-3-2-11(8-13(14)16)9-19(10-15(17)20)12-4-6-18-7-5-12/h2-3,8,12,18H,4-7,9-10H2,1H3,(H2,17,20). The van der Waals surface area contributed by atoms with Crippen LogP contribution in [0.15, 0.2) is 22.7 Å². The van der Waals surface area contributed by atoms with E-state index in [0.29, 0.717) is 12.6 Å². The number of hydrogen-bond donors (Lipinski definition) is 2. The van der Waals surface area contributed by atoms with Crippen LogP contribution in [0.2, 0.25) is 0 Å². The number of benzene rings is 1. The Hall–Kier alpha value is -1.11. The third kappa shape index (κ3) is 4.69. The molecule has 21 heavy (non-hydrogen) atoms. The summed E-state index contributed by atoms with van der Waals surface area (Å²) in [5.74, 6) is 0.531. The average molecular weight is 356 g/mol. The fourth-order valence-electron chi connectivity index (χ4n) is 2.73. The average Bonchev–Trinajstić information content (AvgIpc) is 2.47.